The number of ketones is 1. The fourth-order valence-electron chi connectivity index (χ4n) is 1.72. The van der Waals surface area contributed by atoms with E-state index in [0.29, 0.717) is 16.5 Å². The van der Waals surface area contributed by atoms with Crippen LogP contribution in [0.4, 0.5) is 0 Å². The Hall–Kier alpha value is -2.20. The summed E-state index contributed by atoms with van der Waals surface area (Å²) < 4.78 is 5.08. The summed E-state index contributed by atoms with van der Waals surface area (Å²) in [5, 5.41) is 0.748. The molecule has 2 aromatic rings. The average molecular weight is 276 g/mol. The first-order valence-electron chi connectivity index (χ1n) is 5.47. The Morgan fingerprint density at radius 2 is 2.21 bits per heavy atom. The number of carbonyl (C=O) groups excluding carboxylic acids is 2. The zero-order valence-corrected chi connectivity index (χ0v) is 10.9. The molecule has 5 heteroatoms. The molecule has 19 heavy (non-hydrogen) atoms. The van der Waals surface area contributed by atoms with Gasteiger partial charge in [0.15, 0.2) is 11.5 Å². The number of fused-ring (bicyclic) bond motifs is 1. The molecule has 1 aromatic carbocycles. The van der Waals surface area contributed by atoms with Gasteiger partial charge < -0.3 is 4.74 Å². The lowest BCUT2D eigenvalue weighted by atomic mass is 10.0. The SMILES string of the molecule is C=CC(=O)Oc1c(Cl)cc(C(C)=O)c2cccnc12. The van der Waals surface area contributed by atoms with E-state index in [2.05, 4.69) is 11.6 Å². The number of hydrogen-bond acceptors (Lipinski definition) is 4. The fraction of sp³-hybridized carbons (Fsp3) is 0.0714. The molecule has 0 saturated heterocycles. The Labute approximate surface area is 114 Å². The van der Waals surface area contributed by atoms with E-state index < -0.39 is 5.97 Å². The van der Waals surface area contributed by atoms with Crippen molar-refractivity contribution in [2.24, 2.45) is 0 Å². The minimum absolute atomic E-state index is 0.132. The first kappa shape index (κ1) is 13.2. The molecule has 0 aliphatic heterocycles. The van der Waals surface area contributed by atoms with Gasteiger partial charge in [0.2, 0.25) is 0 Å². The number of ether oxygens (including phenoxy) is 1. The second kappa shape index (κ2) is 5.20. The van der Waals surface area contributed by atoms with Crippen LogP contribution in [0.5, 0.6) is 5.75 Å². The topological polar surface area (TPSA) is 56.3 Å². The highest BCUT2D eigenvalue weighted by Crippen LogP contribution is 2.35. The van der Waals surface area contributed by atoms with Gasteiger partial charge in [-0.05, 0) is 19.1 Å². The smallest absolute Gasteiger partial charge is 0.335 e. The molecule has 96 valence electrons. The standard InChI is InChI=1S/C14H10ClNO3/c1-3-12(18)19-14-11(15)7-10(8(2)17)9-5-4-6-16-13(9)14/h3-7H,1H2,2H3. The molecule has 1 aromatic heterocycles. The van der Waals surface area contributed by atoms with Gasteiger partial charge in [-0.2, -0.15) is 0 Å². The second-order valence-electron chi connectivity index (χ2n) is 3.82. The van der Waals surface area contributed by atoms with Gasteiger partial charge in [-0.1, -0.05) is 24.2 Å². The van der Waals surface area contributed by atoms with Crippen molar-refractivity contribution in [2.45, 2.75) is 6.92 Å². The number of rotatable bonds is 3. The normalized spacial score (nSPS) is 10.2. The van der Waals surface area contributed by atoms with Crippen LogP contribution in [-0.2, 0) is 4.79 Å². The van der Waals surface area contributed by atoms with Gasteiger partial charge in [-0.3, -0.25) is 9.78 Å². The number of carbonyl (C=O) groups is 2. The van der Waals surface area contributed by atoms with Crippen molar-refractivity contribution in [1.82, 2.24) is 4.98 Å². The van der Waals surface area contributed by atoms with Crippen LogP contribution in [-0.4, -0.2) is 16.7 Å². The third kappa shape index (κ3) is 2.48. The number of benzene rings is 1. The van der Waals surface area contributed by atoms with E-state index in [1.165, 1.54) is 19.2 Å². The van der Waals surface area contributed by atoms with Crippen molar-refractivity contribution in [3.05, 3.63) is 47.6 Å². The molecule has 0 fully saturated rings. The molecular weight excluding hydrogens is 266 g/mol. The largest absolute Gasteiger partial charge is 0.419 e. The van der Waals surface area contributed by atoms with Gasteiger partial charge in [0.1, 0.15) is 5.52 Å². The summed E-state index contributed by atoms with van der Waals surface area (Å²) in [6, 6.07) is 4.89. The third-order valence-electron chi connectivity index (χ3n) is 2.55. The third-order valence-corrected chi connectivity index (χ3v) is 2.83. The average Bonchev–Trinajstić information content (AvgIpc) is 2.41. The summed E-state index contributed by atoms with van der Waals surface area (Å²) in [4.78, 5) is 27.0. The lowest BCUT2D eigenvalue weighted by molar-refractivity contribution is -0.128. The van der Waals surface area contributed by atoms with Crippen LogP contribution < -0.4 is 4.74 Å². The van der Waals surface area contributed by atoms with Crippen LogP contribution in [0, 0.1) is 0 Å². The Kier molecular flexibility index (Phi) is 3.62. The summed E-state index contributed by atoms with van der Waals surface area (Å²) in [5.41, 5.74) is 0.807. The van der Waals surface area contributed by atoms with E-state index in [0.717, 1.165) is 6.08 Å². The maximum Gasteiger partial charge on any atom is 0.335 e. The molecule has 0 unspecified atom stereocenters. The highest BCUT2D eigenvalue weighted by atomic mass is 35.5. The molecule has 0 radical (unpaired) electrons. The molecule has 0 aliphatic rings. The Morgan fingerprint density at radius 3 is 2.84 bits per heavy atom. The summed E-state index contributed by atoms with van der Waals surface area (Å²) in [5.74, 6) is -0.641. The minimum atomic E-state index is -0.635. The van der Waals surface area contributed by atoms with Gasteiger partial charge >= 0.3 is 5.97 Å². The van der Waals surface area contributed by atoms with Crippen molar-refractivity contribution < 1.29 is 14.3 Å². The number of Topliss-reactive ketones (excluding diaryl/α,β-unsaturated/α-hetero) is 1. The summed E-state index contributed by atoms with van der Waals surface area (Å²) in [6.07, 6.45) is 2.57. The second-order valence-corrected chi connectivity index (χ2v) is 4.22. The lowest BCUT2D eigenvalue weighted by Gasteiger charge is -2.10. The molecule has 0 saturated carbocycles. The number of esters is 1. The Morgan fingerprint density at radius 1 is 1.47 bits per heavy atom. The van der Waals surface area contributed by atoms with Crippen molar-refractivity contribution in [3.8, 4) is 5.75 Å². The lowest BCUT2D eigenvalue weighted by Crippen LogP contribution is -2.06. The van der Waals surface area contributed by atoms with E-state index in [1.54, 1.807) is 12.1 Å². The summed E-state index contributed by atoms with van der Waals surface area (Å²) >= 11 is 6.05. The first-order valence-corrected chi connectivity index (χ1v) is 5.84. The number of pyridine rings is 1. The predicted octanol–water partition coefficient (Wildman–Crippen LogP) is 3.18. The highest BCUT2D eigenvalue weighted by Gasteiger charge is 2.17. The van der Waals surface area contributed by atoms with Gasteiger partial charge in [0.05, 0.1) is 5.02 Å². The molecule has 0 spiro atoms. The monoisotopic (exact) mass is 275 g/mol. The molecular formula is C14H10ClNO3. The molecule has 0 atom stereocenters. The van der Waals surface area contributed by atoms with Gasteiger partial charge in [-0.15, -0.1) is 0 Å². The molecule has 0 aliphatic carbocycles. The molecule has 1 heterocycles. The molecule has 4 nitrogen and oxygen atoms in total. The maximum absolute atomic E-state index is 11.6. The Bertz CT molecular complexity index is 694. The van der Waals surface area contributed by atoms with E-state index >= 15 is 0 Å². The number of hydrogen-bond donors (Lipinski definition) is 0. The minimum Gasteiger partial charge on any atom is -0.419 e. The predicted molar refractivity (Wildman–Crippen MR) is 72.6 cm³/mol. The van der Waals surface area contributed by atoms with Crippen molar-refractivity contribution in [1.29, 1.82) is 0 Å². The highest BCUT2D eigenvalue weighted by molar-refractivity contribution is 6.34. The van der Waals surface area contributed by atoms with E-state index in [4.69, 9.17) is 16.3 Å². The fourth-order valence-corrected chi connectivity index (χ4v) is 1.95. The van der Waals surface area contributed by atoms with E-state index in [-0.39, 0.29) is 16.6 Å². The van der Waals surface area contributed by atoms with Crippen LogP contribution in [0.15, 0.2) is 37.1 Å². The van der Waals surface area contributed by atoms with Crippen molar-refractivity contribution in [3.63, 3.8) is 0 Å². The number of aromatic nitrogens is 1. The van der Waals surface area contributed by atoms with Gasteiger partial charge in [0.25, 0.3) is 0 Å². The molecule has 2 rings (SSSR count). The quantitative estimate of drug-likeness (QED) is 0.374. The van der Waals surface area contributed by atoms with Gasteiger partial charge in [0, 0.05) is 23.2 Å². The first-order chi connectivity index (χ1) is 9.04. The van der Waals surface area contributed by atoms with Crippen LogP contribution >= 0.6 is 11.6 Å². The van der Waals surface area contributed by atoms with Crippen LogP contribution in [0.2, 0.25) is 5.02 Å². The molecule has 0 N–H and O–H groups in total. The summed E-state index contributed by atoms with van der Waals surface area (Å²) in [7, 11) is 0. The van der Waals surface area contributed by atoms with Crippen LogP contribution in [0.3, 0.4) is 0 Å². The number of halogens is 1. The summed E-state index contributed by atoms with van der Waals surface area (Å²) in [6.45, 7) is 4.76. The molecule has 0 bridgehead atoms. The molecule has 0 amide bonds. The van der Waals surface area contributed by atoms with Gasteiger partial charge in [-0.25, -0.2) is 4.79 Å². The zero-order valence-electron chi connectivity index (χ0n) is 10.1. The zero-order chi connectivity index (χ0) is 14.0. The van der Waals surface area contributed by atoms with E-state index in [9.17, 15) is 9.59 Å². The van der Waals surface area contributed by atoms with Crippen molar-refractivity contribution >= 4 is 34.3 Å². The van der Waals surface area contributed by atoms with Crippen molar-refractivity contribution in [2.75, 3.05) is 0 Å². The van der Waals surface area contributed by atoms with E-state index in [1.807, 2.05) is 0 Å². The van der Waals surface area contributed by atoms with Crippen LogP contribution in [0.1, 0.15) is 17.3 Å². The Balaban J connectivity index is 2.75. The number of nitrogens with zero attached hydrogens (tertiary/aromatic N) is 1. The maximum atomic E-state index is 11.6. The van der Waals surface area contributed by atoms with Crippen LogP contribution in [0.25, 0.3) is 10.9 Å².